The predicted molar refractivity (Wildman–Crippen MR) is 269 cm³/mol. The highest BCUT2D eigenvalue weighted by Gasteiger charge is 2.71. The molecule has 8 aromatic rings. The van der Waals surface area contributed by atoms with Crippen LogP contribution in [0.15, 0.2) is 218 Å². The molecular weight excluding hydrogens is 771 g/mol. The summed E-state index contributed by atoms with van der Waals surface area (Å²) in [6, 6.07) is 66.8. The van der Waals surface area contributed by atoms with Gasteiger partial charge in [-0.1, -0.05) is 196 Å². The number of hydrogen-bond acceptors (Lipinski definition) is 1. The Hall–Kier alpha value is -7.22. The molecule has 0 aromatic heterocycles. The minimum absolute atomic E-state index is 0.0421. The number of allylic oxidation sites excluding steroid dienone is 8. The number of hydrogen-bond donors (Lipinski definition) is 0. The van der Waals surface area contributed by atoms with Gasteiger partial charge in [0.15, 0.2) is 0 Å². The third-order valence-corrected chi connectivity index (χ3v) is 15.6. The average Bonchev–Trinajstić information content (AvgIpc) is 3.87. The molecule has 64 heavy (non-hydrogen) atoms. The molecular formula is C63H49N. The molecule has 8 aromatic carbocycles. The second-order valence-electron chi connectivity index (χ2n) is 19.1. The second kappa shape index (κ2) is 14.1. The largest absolute Gasteiger partial charge is 0.310 e. The topological polar surface area (TPSA) is 3.24 Å². The Bertz CT molecular complexity index is 3300. The molecule has 306 valence electrons. The van der Waals surface area contributed by atoms with Gasteiger partial charge in [-0.2, -0.15) is 0 Å². The maximum absolute atomic E-state index is 2.54. The smallest absolute Gasteiger partial charge is 0.0540 e. The van der Waals surface area contributed by atoms with E-state index in [9.17, 15) is 0 Å². The molecule has 0 N–H and O–H groups in total. The first-order chi connectivity index (χ1) is 31.5. The standard InChI is InChI=1S/C63H49N/c1-62(2)56-22-12-11-20-51(56)52-34-28-45(40-58(52)62)43-26-32-48(33-27-43)64(47-30-24-42(25-31-47)41-15-5-3-6-16-41)59-37-36-49(50-19-9-10-21-53(50)59)46-29-35-54-55(39-46)61-57-23-13-14-38-63(57,61)60(54)44-17-7-4-8-18-44/h3-5,7-15,17-40,57,60-61H,6,16H2,1-2H3. The molecule has 1 saturated carbocycles. The lowest BCUT2D eigenvalue weighted by atomic mass is 9.77. The number of benzene rings is 8. The van der Waals surface area contributed by atoms with Gasteiger partial charge in [0.25, 0.3) is 0 Å². The Balaban J connectivity index is 0.910. The first-order valence-corrected chi connectivity index (χ1v) is 23.2. The van der Waals surface area contributed by atoms with Crippen LogP contribution in [0.1, 0.15) is 71.9 Å². The van der Waals surface area contributed by atoms with Crippen molar-refractivity contribution in [1.29, 1.82) is 0 Å². The number of fused-ring (bicyclic) bond motifs is 7. The summed E-state index contributed by atoms with van der Waals surface area (Å²) in [7, 11) is 0. The van der Waals surface area contributed by atoms with Crippen LogP contribution >= 0.6 is 0 Å². The summed E-state index contributed by atoms with van der Waals surface area (Å²) in [4.78, 5) is 2.46. The van der Waals surface area contributed by atoms with Gasteiger partial charge in [-0.3, -0.25) is 0 Å². The third kappa shape index (κ3) is 5.50. The molecule has 5 aliphatic carbocycles. The summed E-state index contributed by atoms with van der Waals surface area (Å²) >= 11 is 0. The van der Waals surface area contributed by atoms with Crippen LogP contribution in [0.2, 0.25) is 0 Å². The van der Waals surface area contributed by atoms with E-state index in [-0.39, 0.29) is 10.8 Å². The highest BCUT2D eigenvalue weighted by Crippen LogP contribution is 2.79. The molecule has 1 nitrogen and oxygen atoms in total. The van der Waals surface area contributed by atoms with Gasteiger partial charge >= 0.3 is 0 Å². The van der Waals surface area contributed by atoms with Gasteiger partial charge in [0.1, 0.15) is 0 Å². The van der Waals surface area contributed by atoms with Crippen LogP contribution in [0.5, 0.6) is 0 Å². The van der Waals surface area contributed by atoms with E-state index in [1.807, 2.05) is 0 Å². The van der Waals surface area contributed by atoms with Crippen molar-refractivity contribution < 1.29 is 0 Å². The zero-order valence-corrected chi connectivity index (χ0v) is 36.4. The molecule has 1 fully saturated rings. The van der Waals surface area contributed by atoms with Gasteiger partial charge in [-0.05, 0) is 133 Å². The van der Waals surface area contributed by atoms with Gasteiger partial charge in [-0.25, -0.2) is 0 Å². The van der Waals surface area contributed by atoms with Crippen molar-refractivity contribution >= 4 is 33.4 Å². The molecule has 4 unspecified atom stereocenters. The van der Waals surface area contributed by atoms with Crippen LogP contribution in [0.25, 0.3) is 49.7 Å². The van der Waals surface area contributed by atoms with Gasteiger partial charge in [0.2, 0.25) is 0 Å². The van der Waals surface area contributed by atoms with E-state index in [1.54, 1.807) is 0 Å². The highest BCUT2D eigenvalue weighted by molar-refractivity contribution is 6.06. The van der Waals surface area contributed by atoms with Crippen LogP contribution in [-0.2, 0) is 5.41 Å². The van der Waals surface area contributed by atoms with Crippen LogP contribution in [0.4, 0.5) is 17.1 Å². The van der Waals surface area contributed by atoms with Crippen LogP contribution in [0.3, 0.4) is 0 Å². The maximum atomic E-state index is 2.54. The fourth-order valence-electron chi connectivity index (χ4n) is 12.5. The van der Waals surface area contributed by atoms with Gasteiger partial charge in [0, 0.05) is 39.4 Å². The minimum atomic E-state index is -0.0421. The van der Waals surface area contributed by atoms with E-state index in [4.69, 9.17) is 0 Å². The van der Waals surface area contributed by atoms with Crippen molar-refractivity contribution in [3.8, 4) is 33.4 Å². The minimum Gasteiger partial charge on any atom is -0.310 e. The Morgan fingerprint density at radius 3 is 2.00 bits per heavy atom. The van der Waals surface area contributed by atoms with Gasteiger partial charge in [-0.15, -0.1) is 0 Å². The monoisotopic (exact) mass is 819 g/mol. The highest BCUT2D eigenvalue weighted by atomic mass is 15.1. The lowest BCUT2D eigenvalue weighted by Gasteiger charge is -2.28. The van der Waals surface area contributed by atoms with E-state index in [0.717, 1.165) is 24.2 Å². The molecule has 0 heterocycles. The van der Waals surface area contributed by atoms with Crippen LogP contribution < -0.4 is 4.90 Å². The quantitative estimate of drug-likeness (QED) is 0.155. The molecule has 0 saturated heterocycles. The van der Waals surface area contributed by atoms with Crippen molar-refractivity contribution in [3.05, 3.63) is 252 Å². The summed E-state index contributed by atoms with van der Waals surface area (Å²) in [5.74, 6) is 1.43. The SMILES string of the molecule is CC1(C)c2ccccc2-c2ccc(-c3ccc(N(c4ccc(C5=CC=CCC5)cc4)c4ccc(-c5ccc6c(c5)C5C7C=CC=CC75C6c5ccccc5)c5ccccc45)cc3)cc21. The predicted octanol–water partition coefficient (Wildman–Crippen LogP) is 16.7. The number of rotatable bonds is 7. The molecule has 0 amide bonds. The lowest BCUT2D eigenvalue weighted by molar-refractivity contribution is 0.539. The molecule has 4 atom stereocenters. The molecule has 0 bridgehead atoms. The normalized spacial score (nSPS) is 21.4. The Morgan fingerprint density at radius 2 is 1.20 bits per heavy atom. The van der Waals surface area contributed by atoms with E-state index in [2.05, 4.69) is 237 Å². The van der Waals surface area contributed by atoms with E-state index >= 15 is 0 Å². The van der Waals surface area contributed by atoms with Crippen LogP contribution in [0, 0.1) is 11.3 Å². The lowest BCUT2D eigenvalue weighted by Crippen LogP contribution is -2.14. The molecule has 1 heteroatoms. The summed E-state index contributed by atoms with van der Waals surface area (Å²) in [5, 5.41) is 2.50. The second-order valence-corrected chi connectivity index (χ2v) is 19.1. The summed E-state index contributed by atoms with van der Waals surface area (Å²) < 4.78 is 0. The Morgan fingerprint density at radius 1 is 0.516 bits per heavy atom. The van der Waals surface area contributed by atoms with Gasteiger partial charge in [0.05, 0.1) is 5.69 Å². The first-order valence-electron chi connectivity index (χ1n) is 23.2. The fourth-order valence-corrected chi connectivity index (χ4v) is 12.5. The number of nitrogens with zero attached hydrogens (tertiary/aromatic N) is 1. The summed E-state index contributed by atoms with van der Waals surface area (Å²) in [6.45, 7) is 4.72. The van der Waals surface area contributed by atoms with Gasteiger partial charge < -0.3 is 4.90 Å². The van der Waals surface area contributed by atoms with E-state index in [1.165, 1.54) is 88.8 Å². The van der Waals surface area contributed by atoms with Crippen molar-refractivity contribution in [2.24, 2.45) is 11.3 Å². The zero-order valence-electron chi connectivity index (χ0n) is 36.4. The van der Waals surface area contributed by atoms with E-state index < -0.39 is 0 Å². The number of anilines is 3. The Labute approximate surface area is 377 Å². The average molecular weight is 820 g/mol. The molecule has 13 rings (SSSR count). The van der Waals surface area contributed by atoms with Crippen molar-refractivity contribution in [2.45, 2.75) is 43.9 Å². The van der Waals surface area contributed by atoms with Crippen LogP contribution in [-0.4, -0.2) is 0 Å². The first kappa shape index (κ1) is 37.3. The zero-order chi connectivity index (χ0) is 42.6. The van der Waals surface area contributed by atoms with Crippen molar-refractivity contribution in [1.82, 2.24) is 0 Å². The molecule has 0 radical (unpaired) electrons. The van der Waals surface area contributed by atoms with Crippen molar-refractivity contribution in [3.63, 3.8) is 0 Å². The summed E-state index contributed by atoms with van der Waals surface area (Å²) in [5.41, 5.74) is 21.2. The molecule has 5 aliphatic rings. The van der Waals surface area contributed by atoms with E-state index in [0.29, 0.717) is 17.8 Å². The third-order valence-electron chi connectivity index (χ3n) is 15.6. The Kier molecular flexibility index (Phi) is 8.25. The maximum Gasteiger partial charge on any atom is 0.0540 e. The molecule has 0 aliphatic heterocycles. The fraction of sp³-hybridized carbons (Fsp3) is 0.143. The molecule has 1 spiro atoms. The van der Waals surface area contributed by atoms with Crippen molar-refractivity contribution in [2.75, 3.05) is 4.90 Å². The summed E-state index contributed by atoms with van der Waals surface area (Å²) in [6.07, 6.45) is 18.4.